The molecule has 1 saturated heterocycles. The van der Waals surface area contributed by atoms with Gasteiger partial charge < -0.3 is 0 Å². The summed E-state index contributed by atoms with van der Waals surface area (Å²) < 4.78 is 44.1. The van der Waals surface area contributed by atoms with Crippen LogP contribution in [0.5, 0.6) is 0 Å². The van der Waals surface area contributed by atoms with E-state index >= 15 is 0 Å². The zero-order chi connectivity index (χ0) is 16.5. The van der Waals surface area contributed by atoms with Gasteiger partial charge in [-0.2, -0.15) is 8.42 Å². The molecule has 22 heavy (non-hydrogen) atoms. The summed E-state index contributed by atoms with van der Waals surface area (Å²) >= 11 is 11.8. The maximum Gasteiger partial charge on any atom is 0.266 e. The standard InChI is InChI=1S/C12H9ClFNO4S3/c13-8-2-1-3-9(14)7(8)6-10-11(16)15(12(20)21-10)4-5-22(17,18)19/h1-3,6H,4-5H2,(H,17,18,19)/b10-6-. The van der Waals surface area contributed by atoms with Crippen LogP contribution in [-0.2, 0) is 14.9 Å². The number of carbonyl (C=O) groups is 1. The minimum Gasteiger partial charge on any atom is -0.292 e. The molecule has 1 heterocycles. The molecule has 1 N–H and O–H groups in total. The number of carbonyl (C=O) groups excluding carboxylic acids is 1. The quantitative estimate of drug-likeness (QED) is 0.491. The van der Waals surface area contributed by atoms with Gasteiger partial charge in [-0.1, -0.05) is 41.6 Å². The zero-order valence-electron chi connectivity index (χ0n) is 10.8. The van der Waals surface area contributed by atoms with Crippen LogP contribution in [0.4, 0.5) is 4.39 Å². The summed E-state index contributed by atoms with van der Waals surface area (Å²) in [4.78, 5) is 13.3. The Balaban J connectivity index is 2.26. The van der Waals surface area contributed by atoms with E-state index in [1.165, 1.54) is 24.3 Å². The highest BCUT2D eigenvalue weighted by molar-refractivity contribution is 8.26. The smallest absolute Gasteiger partial charge is 0.266 e. The summed E-state index contributed by atoms with van der Waals surface area (Å²) in [5.41, 5.74) is 0.0550. The molecule has 0 atom stereocenters. The fourth-order valence-electron chi connectivity index (χ4n) is 1.68. The van der Waals surface area contributed by atoms with Crippen LogP contribution in [0.2, 0.25) is 5.02 Å². The summed E-state index contributed by atoms with van der Waals surface area (Å²) in [5.74, 6) is -1.78. The van der Waals surface area contributed by atoms with E-state index in [0.29, 0.717) is 0 Å². The van der Waals surface area contributed by atoms with Crippen molar-refractivity contribution in [3.05, 3.63) is 39.5 Å². The summed E-state index contributed by atoms with van der Waals surface area (Å²) in [7, 11) is -4.21. The second-order valence-electron chi connectivity index (χ2n) is 4.25. The lowest BCUT2D eigenvalue weighted by molar-refractivity contribution is -0.121. The lowest BCUT2D eigenvalue weighted by Gasteiger charge is -2.12. The number of nitrogens with zero attached hydrogens (tertiary/aromatic N) is 1. The highest BCUT2D eigenvalue weighted by Crippen LogP contribution is 2.34. The zero-order valence-corrected chi connectivity index (χ0v) is 14.0. The summed E-state index contributed by atoms with van der Waals surface area (Å²) in [6, 6.07) is 4.12. The number of hydrogen-bond donors (Lipinski definition) is 1. The first kappa shape index (κ1) is 17.4. The monoisotopic (exact) mass is 381 g/mol. The Kier molecular flexibility index (Phi) is 5.23. The van der Waals surface area contributed by atoms with Crippen molar-refractivity contribution in [3.8, 4) is 0 Å². The number of amides is 1. The van der Waals surface area contributed by atoms with E-state index in [1.807, 2.05) is 0 Å². The van der Waals surface area contributed by atoms with Crippen LogP contribution in [0.3, 0.4) is 0 Å². The molecule has 2 rings (SSSR count). The second kappa shape index (κ2) is 6.63. The van der Waals surface area contributed by atoms with Gasteiger partial charge in [0.2, 0.25) is 0 Å². The average molecular weight is 382 g/mol. The van der Waals surface area contributed by atoms with Crippen molar-refractivity contribution in [3.63, 3.8) is 0 Å². The van der Waals surface area contributed by atoms with Gasteiger partial charge in [0.25, 0.3) is 16.0 Å². The summed E-state index contributed by atoms with van der Waals surface area (Å²) in [6.45, 7) is -0.272. The fraction of sp³-hybridized carbons (Fsp3) is 0.167. The Bertz CT molecular complexity index is 758. The first-order valence-corrected chi connectivity index (χ1v) is 9.05. The number of benzene rings is 1. The number of thioether (sulfide) groups is 1. The summed E-state index contributed by atoms with van der Waals surface area (Å²) in [5, 5.41) is 0.142. The number of halogens is 2. The molecule has 1 fully saturated rings. The van der Waals surface area contributed by atoms with Gasteiger partial charge in [-0.3, -0.25) is 14.2 Å². The van der Waals surface area contributed by atoms with E-state index in [1.54, 1.807) is 0 Å². The van der Waals surface area contributed by atoms with E-state index in [4.69, 9.17) is 28.4 Å². The molecule has 10 heteroatoms. The molecular formula is C12H9ClFNO4S3. The average Bonchev–Trinajstić information content (AvgIpc) is 2.66. The molecule has 0 radical (unpaired) electrons. The molecule has 1 amide bonds. The predicted molar refractivity (Wildman–Crippen MR) is 87.7 cm³/mol. The van der Waals surface area contributed by atoms with Crippen molar-refractivity contribution in [2.45, 2.75) is 0 Å². The highest BCUT2D eigenvalue weighted by Gasteiger charge is 2.32. The van der Waals surface area contributed by atoms with Crippen LogP contribution in [0.15, 0.2) is 23.1 Å². The van der Waals surface area contributed by atoms with Crippen LogP contribution in [0.1, 0.15) is 5.56 Å². The van der Waals surface area contributed by atoms with Crippen LogP contribution >= 0.6 is 35.6 Å². The van der Waals surface area contributed by atoms with Gasteiger partial charge in [0, 0.05) is 12.1 Å². The largest absolute Gasteiger partial charge is 0.292 e. The Hall–Kier alpha value is -1.00. The lowest BCUT2D eigenvalue weighted by Crippen LogP contribution is -2.32. The molecular weight excluding hydrogens is 373 g/mol. The van der Waals surface area contributed by atoms with Gasteiger partial charge in [-0.05, 0) is 18.2 Å². The molecule has 1 aliphatic heterocycles. The van der Waals surface area contributed by atoms with Crippen LogP contribution in [-0.4, -0.2) is 40.4 Å². The van der Waals surface area contributed by atoms with Crippen molar-refractivity contribution in [1.29, 1.82) is 0 Å². The van der Waals surface area contributed by atoms with Crippen LogP contribution < -0.4 is 0 Å². The van der Waals surface area contributed by atoms with Gasteiger partial charge in [-0.25, -0.2) is 4.39 Å². The first-order valence-electron chi connectivity index (χ1n) is 5.83. The molecule has 0 unspecified atom stereocenters. The normalized spacial score (nSPS) is 17.6. The lowest BCUT2D eigenvalue weighted by atomic mass is 10.2. The molecule has 0 aliphatic carbocycles. The maximum atomic E-state index is 13.7. The Labute approximate surface area is 140 Å². The van der Waals surface area contributed by atoms with Gasteiger partial charge in [-0.15, -0.1) is 0 Å². The molecule has 1 aromatic rings. The molecule has 0 spiro atoms. The van der Waals surface area contributed by atoms with Gasteiger partial charge in [0.15, 0.2) is 0 Å². The van der Waals surface area contributed by atoms with Gasteiger partial charge in [0.1, 0.15) is 10.1 Å². The Morgan fingerprint density at radius 3 is 2.73 bits per heavy atom. The summed E-state index contributed by atoms with van der Waals surface area (Å²) in [6.07, 6.45) is 1.27. The van der Waals surface area contributed by atoms with E-state index in [9.17, 15) is 17.6 Å². The SMILES string of the molecule is O=C1/C(=C/c2c(F)cccc2Cl)SC(=S)N1CCS(=O)(=O)O. The second-order valence-corrected chi connectivity index (χ2v) is 7.91. The van der Waals surface area contributed by atoms with Crippen molar-refractivity contribution < 1.29 is 22.2 Å². The van der Waals surface area contributed by atoms with Crippen molar-refractivity contribution in [1.82, 2.24) is 4.90 Å². The van der Waals surface area contributed by atoms with E-state index in [2.05, 4.69) is 0 Å². The molecule has 118 valence electrons. The van der Waals surface area contributed by atoms with E-state index < -0.39 is 27.6 Å². The van der Waals surface area contributed by atoms with Crippen molar-refractivity contribution in [2.75, 3.05) is 12.3 Å². The highest BCUT2D eigenvalue weighted by atomic mass is 35.5. The molecule has 0 saturated carbocycles. The van der Waals surface area contributed by atoms with Gasteiger partial charge in [0.05, 0.1) is 15.7 Å². The van der Waals surface area contributed by atoms with E-state index in [0.717, 1.165) is 16.7 Å². The molecule has 0 bridgehead atoms. The Morgan fingerprint density at radius 2 is 2.14 bits per heavy atom. The third-order valence-electron chi connectivity index (χ3n) is 2.72. The molecule has 1 aliphatic rings. The minimum atomic E-state index is -4.21. The minimum absolute atomic E-state index is 0.0550. The number of rotatable bonds is 4. The Morgan fingerprint density at radius 1 is 1.45 bits per heavy atom. The molecule has 5 nitrogen and oxygen atoms in total. The first-order chi connectivity index (χ1) is 10.2. The number of thiocarbonyl (C=S) groups is 1. The topological polar surface area (TPSA) is 74.7 Å². The molecule has 0 aromatic heterocycles. The van der Waals surface area contributed by atoms with Crippen molar-refractivity contribution >= 4 is 62.0 Å². The van der Waals surface area contributed by atoms with Crippen LogP contribution in [0.25, 0.3) is 6.08 Å². The number of hydrogen-bond acceptors (Lipinski definition) is 5. The third kappa shape index (κ3) is 4.05. The maximum absolute atomic E-state index is 13.7. The van der Waals surface area contributed by atoms with Gasteiger partial charge >= 0.3 is 0 Å². The van der Waals surface area contributed by atoms with Crippen molar-refractivity contribution in [2.24, 2.45) is 0 Å². The van der Waals surface area contributed by atoms with Crippen LogP contribution in [0, 0.1) is 5.82 Å². The third-order valence-corrected chi connectivity index (χ3v) is 5.13. The molecule has 1 aromatic carbocycles. The fourth-order valence-corrected chi connectivity index (χ4v) is 3.60. The predicted octanol–water partition coefficient (Wildman–Crippen LogP) is 2.57. The van der Waals surface area contributed by atoms with E-state index in [-0.39, 0.29) is 26.4 Å².